The highest BCUT2D eigenvalue weighted by molar-refractivity contribution is 5.73. The third-order valence-electron chi connectivity index (χ3n) is 5.88. The summed E-state index contributed by atoms with van der Waals surface area (Å²) >= 11 is 0. The van der Waals surface area contributed by atoms with Gasteiger partial charge < -0.3 is 22.5 Å². The number of rotatable bonds is 24. The lowest BCUT2D eigenvalue weighted by atomic mass is 10.00. The molecule has 0 aliphatic carbocycles. The third-order valence-corrected chi connectivity index (χ3v) is 5.88. The average molecular weight is 428 g/mol. The van der Waals surface area contributed by atoms with E-state index in [1.807, 2.05) is 0 Å². The van der Waals surface area contributed by atoms with Crippen molar-refractivity contribution in [2.45, 2.75) is 109 Å². The number of nitrogens with zero attached hydrogens (tertiary/aromatic N) is 1. The normalized spacial score (nSPS) is 12.5. The summed E-state index contributed by atoms with van der Waals surface area (Å²) in [5, 5.41) is 3.82. The molecule has 0 fully saturated rings. The van der Waals surface area contributed by atoms with Gasteiger partial charge in [0.2, 0.25) is 5.91 Å². The van der Waals surface area contributed by atoms with E-state index in [-0.39, 0.29) is 5.91 Å². The molecule has 0 saturated heterocycles. The zero-order valence-corrected chi connectivity index (χ0v) is 20.0. The standard InChI is InChI=1S/C24H53N5O/c1-2-3-4-11-14-23(28-19-22-29(20-17-25)21-18-26)15-12-9-7-5-6-8-10-13-16-24(27)30/h23,28H,2-22,25-26H2,1H3,(H2,27,30). The smallest absolute Gasteiger partial charge is 0.217 e. The molecule has 1 atom stereocenters. The molecule has 30 heavy (non-hydrogen) atoms. The molecule has 0 heterocycles. The molecule has 7 N–H and O–H groups in total. The second-order valence-electron chi connectivity index (χ2n) is 8.75. The number of nitrogens with two attached hydrogens (primary N) is 3. The zero-order chi connectivity index (χ0) is 22.3. The minimum atomic E-state index is -0.167. The molecule has 1 amide bonds. The molecular formula is C24H53N5O. The van der Waals surface area contributed by atoms with Crippen molar-refractivity contribution in [3.8, 4) is 0 Å². The number of nitrogens with one attached hydrogen (secondary N) is 1. The molecule has 0 aromatic rings. The van der Waals surface area contributed by atoms with Crippen LogP contribution in [-0.4, -0.2) is 56.1 Å². The van der Waals surface area contributed by atoms with Gasteiger partial charge in [0.05, 0.1) is 0 Å². The number of primary amides is 1. The van der Waals surface area contributed by atoms with Crippen molar-refractivity contribution >= 4 is 5.91 Å². The van der Waals surface area contributed by atoms with E-state index in [4.69, 9.17) is 17.2 Å². The molecule has 0 radical (unpaired) electrons. The SMILES string of the molecule is CCCCCCC(CCCCCCCCCCC(N)=O)NCCN(CCN)CCN. The summed E-state index contributed by atoms with van der Waals surface area (Å²) in [5.41, 5.74) is 16.6. The van der Waals surface area contributed by atoms with Crippen LogP contribution in [-0.2, 0) is 4.79 Å². The maximum atomic E-state index is 10.7. The Kier molecular flexibility index (Phi) is 22.5. The molecule has 0 bridgehead atoms. The fourth-order valence-electron chi connectivity index (χ4n) is 4.04. The summed E-state index contributed by atoms with van der Waals surface area (Å²) in [7, 11) is 0. The number of carbonyl (C=O) groups excluding carboxylic acids is 1. The van der Waals surface area contributed by atoms with Gasteiger partial charge in [-0.1, -0.05) is 77.6 Å². The van der Waals surface area contributed by atoms with Crippen molar-refractivity contribution in [1.29, 1.82) is 0 Å². The highest BCUT2D eigenvalue weighted by atomic mass is 16.1. The van der Waals surface area contributed by atoms with Crippen molar-refractivity contribution in [2.24, 2.45) is 17.2 Å². The van der Waals surface area contributed by atoms with Gasteiger partial charge in [0.25, 0.3) is 0 Å². The van der Waals surface area contributed by atoms with E-state index in [1.54, 1.807) is 0 Å². The van der Waals surface area contributed by atoms with Crippen molar-refractivity contribution in [3.63, 3.8) is 0 Å². The first-order valence-electron chi connectivity index (χ1n) is 12.8. The maximum absolute atomic E-state index is 10.7. The van der Waals surface area contributed by atoms with Crippen LogP contribution in [0.1, 0.15) is 103 Å². The highest BCUT2D eigenvalue weighted by Crippen LogP contribution is 2.14. The van der Waals surface area contributed by atoms with Gasteiger partial charge in [-0.25, -0.2) is 0 Å². The molecule has 180 valence electrons. The Balaban J connectivity index is 3.92. The molecular weight excluding hydrogens is 374 g/mol. The van der Waals surface area contributed by atoms with Crippen LogP contribution in [0.2, 0.25) is 0 Å². The molecule has 6 heteroatoms. The topological polar surface area (TPSA) is 110 Å². The summed E-state index contributed by atoms with van der Waals surface area (Å²) in [6.07, 6.45) is 18.4. The van der Waals surface area contributed by atoms with E-state index in [0.29, 0.717) is 25.6 Å². The second-order valence-corrected chi connectivity index (χ2v) is 8.75. The Morgan fingerprint density at radius 1 is 0.767 bits per heavy atom. The summed E-state index contributed by atoms with van der Waals surface area (Å²) < 4.78 is 0. The van der Waals surface area contributed by atoms with Crippen LogP contribution in [0, 0.1) is 0 Å². The van der Waals surface area contributed by atoms with Crippen LogP contribution < -0.4 is 22.5 Å². The number of hydrogen-bond acceptors (Lipinski definition) is 5. The van der Waals surface area contributed by atoms with Crippen molar-refractivity contribution in [1.82, 2.24) is 10.2 Å². The average Bonchev–Trinajstić information content (AvgIpc) is 2.72. The Morgan fingerprint density at radius 2 is 1.27 bits per heavy atom. The largest absolute Gasteiger partial charge is 0.370 e. The van der Waals surface area contributed by atoms with Crippen molar-refractivity contribution in [3.05, 3.63) is 0 Å². The Labute approximate surface area is 187 Å². The van der Waals surface area contributed by atoms with E-state index >= 15 is 0 Å². The zero-order valence-electron chi connectivity index (χ0n) is 20.0. The van der Waals surface area contributed by atoms with Gasteiger partial charge in [0, 0.05) is 51.7 Å². The summed E-state index contributed by atoms with van der Waals surface area (Å²) in [6, 6.07) is 0.647. The predicted molar refractivity (Wildman–Crippen MR) is 130 cm³/mol. The lowest BCUT2D eigenvalue weighted by Gasteiger charge is -2.24. The van der Waals surface area contributed by atoms with Crippen LogP contribution in [0.4, 0.5) is 0 Å². The number of hydrogen-bond donors (Lipinski definition) is 4. The minimum absolute atomic E-state index is 0.167. The molecule has 1 unspecified atom stereocenters. The molecule has 0 spiro atoms. The predicted octanol–water partition coefficient (Wildman–Crippen LogP) is 3.52. The van der Waals surface area contributed by atoms with E-state index in [1.165, 1.54) is 77.0 Å². The van der Waals surface area contributed by atoms with Crippen LogP contribution in [0.25, 0.3) is 0 Å². The fourth-order valence-corrected chi connectivity index (χ4v) is 4.04. The van der Waals surface area contributed by atoms with E-state index in [2.05, 4.69) is 17.1 Å². The van der Waals surface area contributed by atoms with Crippen molar-refractivity contribution in [2.75, 3.05) is 39.3 Å². The van der Waals surface area contributed by atoms with Gasteiger partial charge in [-0.05, 0) is 19.3 Å². The molecule has 0 saturated carbocycles. The second kappa shape index (κ2) is 23.0. The van der Waals surface area contributed by atoms with E-state index in [0.717, 1.165) is 39.0 Å². The van der Waals surface area contributed by atoms with Gasteiger partial charge in [0.15, 0.2) is 0 Å². The van der Waals surface area contributed by atoms with Crippen LogP contribution >= 0.6 is 0 Å². The van der Waals surface area contributed by atoms with Gasteiger partial charge in [0.1, 0.15) is 0 Å². The van der Waals surface area contributed by atoms with Gasteiger partial charge in [-0.2, -0.15) is 0 Å². The lowest BCUT2D eigenvalue weighted by Crippen LogP contribution is -2.41. The monoisotopic (exact) mass is 427 g/mol. The third kappa shape index (κ3) is 20.6. The molecule has 0 rings (SSSR count). The summed E-state index contributed by atoms with van der Waals surface area (Å²) in [4.78, 5) is 13.1. The quantitative estimate of drug-likeness (QED) is 0.176. The first kappa shape index (κ1) is 29.3. The first-order chi connectivity index (χ1) is 14.6. The Bertz CT molecular complexity index is 362. The van der Waals surface area contributed by atoms with Crippen LogP contribution in [0.5, 0.6) is 0 Å². The van der Waals surface area contributed by atoms with Gasteiger partial charge in [-0.15, -0.1) is 0 Å². The number of carbonyl (C=O) groups is 1. The fraction of sp³-hybridized carbons (Fsp3) is 0.958. The Hall–Kier alpha value is -0.690. The Morgan fingerprint density at radius 3 is 1.77 bits per heavy atom. The molecule has 6 nitrogen and oxygen atoms in total. The van der Waals surface area contributed by atoms with E-state index < -0.39 is 0 Å². The molecule has 0 aliphatic rings. The van der Waals surface area contributed by atoms with Crippen LogP contribution in [0.15, 0.2) is 0 Å². The lowest BCUT2D eigenvalue weighted by molar-refractivity contribution is -0.118. The first-order valence-corrected chi connectivity index (χ1v) is 12.8. The number of unbranched alkanes of at least 4 members (excludes halogenated alkanes) is 10. The minimum Gasteiger partial charge on any atom is -0.370 e. The molecule has 0 aromatic carbocycles. The summed E-state index contributed by atoms with van der Waals surface area (Å²) in [5.74, 6) is -0.167. The van der Waals surface area contributed by atoms with Crippen molar-refractivity contribution < 1.29 is 4.79 Å². The molecule has 0 aromatic heterocycles. The van der Waals surface area contributed by atoms with E-state index in [9.17, 15) is 4.79 Å². The maximum Gasteiger partial charge on any atom is 0.217 e. The molecule has 0 aliphatic heterocycles. The summed E-state index contributed by atoms with van der Waals surface area (Å²) in [6.45, 7) is 7.61. The van der Waals surface area contributed by atoms with Gasteiger partial charge >= 0.3 is 0 Å². The highest BCUT2D eigenvalue weighted by Gasteiger charge is 2.09. The van der Waals surface area contributed by atoms with Gasteiger partial charge in [-0.3, -0.25) is 9.69 Å². The van der Waals surface area contributed by atoms with Crippen LogP contribution in [0.3, 0.4) is 0 Å². The number of amides is 1.